The molecule has 0 unspecified atom stereocenters. The molecule has 39 heteroatoms. The molecule has 0 bridgehead atoms. The van der Waals surface area contributed by atoms with Crippen LogP contribution in [0.15, 0.2) is 112 Å². The van der Waals surface area contributed by atoms with Gasteiger partial charge in [0.2, 0.25) is 11.0 Å². The summed E-state index contributed by atoms with van der Waals surface area (Å²) in [4.78, 5) is 7.97. The molecule has 8 aromatic rings. The maximum absolute atomic E-state index is 12.5. The summed E-state index contributed by atoms with van der Waals surface area (Å²) in [5.74, 6) is -1.48. The first-order valence-electron chi connectivity index (χ1n) is 22.9. The van der Waals surface area contributed by atoms with Gasteiger partial charge in [0.15, 0.2) is 11.3 Å². The summed E-state index contributed by atoms with van der Waals surface area (Å²) < 4.78 is 192. The lowest BCUT2D eigenvalue weighted by Crippen LogP contribution is -2.08. The first-order valence-corrected chi connectivity index (χ1v) is 32.8. The van der Waals surface area contributed by atoms with Gasteiger partial charge in [-0.2, -0.15) is 44.0 Å². The lowest BCUT2D eigenvalue weighted by Gasteiger charge is -2.12. The van der Waals surface area contributed by atoms with E-state index in [9.17, 15) is 67.4 Å². The molecule has 0 amide bonds. The third-order valence-corrected chi connectivity index (χ3v) is 16.7. The maximum Gasteiger partial charge on any atom is 0.425 e. The Morgan fingerprint density at radius 1 is 0.714 bits per heavy atom. The quantitative estimate of drug-likeness (QED) is 0.0193. The van der Waals surface area contributed by atoms with Crippen molar-refractivity contribution in [2.75, 3.05) is 23.9 Å². The minimum absolute atomic E-state index is 0.00175. The molecule has 8 rings (SSSR count). The van der Waals surface area contributed by atoms with Crippen molar-refractivity contribution in [2.24, 2.45) is 30.7 Å². The van der Waals surface area contributed by atoms with E-state index in [1.165, 1.54) is 34.7 Å². The summed E-state index contributed by atoms with van der Waals surface area (Å²) in [6.45, 7) is 4.16. The first-order chi connectivity index (χ1) is 39.2. The monoisotopic (exact) mass is 1310 g/mol. The Labute approximate surface area is 486 Å². The number of rotatable bonds is 19. The minimum atomic E-state index is -4.90. The van der Waals surface area contributed by atoms with E-state index in [1.54, 1.807) is 26.0 Å². The molecule has 444 valence electrons. The summed E-state index contributed by atoms with van der Waals surface area (Å²) >= 11 is 1.84. The topological polar surface area (TPSA) is 498 Å². The number of thiazole rings is 1. The van der Waals surface area contributed by atoms with E-state index < -0.39 is 89.6 Å². The second-order valence-electron chi connectivity index (χ2n) is 17.1. The number of azo groups is 3. The molecule has 0 saturated heterocycles. The van der Waals surface area contributed by atoms with Crippen molar-refractivity contribution in [1.82, 2.24) is 14.4 Å². The smallest absolute Gasteiger partial charge is 0.425 e. The lowest BCUT2D eigenvalue weighted by molar-refractivity contribution is 0.282. The molecule has 0 radical (unpaired) electrons. The SMILES string of the molecule is Cc1ccc2nc3c(C#N)c(C)c(N=Nc4cc(C)c(N=Nc5cc(CO)c(N=Nc6nc7c(S(=O)(=O)O)cc8ccc(S(=O)(=O)O)cc8c7s6)cc5SCCCS(=O)(=O)O)cc4OCCCS(=O)(=O)O)c(O)n3c2c1.O=S(=O)=O.O=S(=O)=O. The Morgan fingerprint density at radius 3 is 1.96 bits per heavy atom. The van der Waals surface area contributed by atoms with Gasteiger partial charge >= 0.3 is 21.2 Å². The van der Waals surface area contributed by atoms with Crippen LogP contribution in [0.5, 0.6) is 11.6 Å². The van der Waals surface area contributed by atoms with Crippen LogP contribution in [0.1, 0.15) is 40.7 Å². The van der Waals surface area contributed by atoms with Gasteiger partial charge in [0.25, 0.3) is 40.5 Å². The Kier molecular flexibility index (Phi) is 20.9. The van der Waals surface area contributed by atoms with Gasteiger partial charge in [-0.15, -0.1) is 62.6 Å². The normalized spacial score (nSPS) is 12.3. The molecule has 0 aliphatic rings. The average Bonchev–Trinajstić information content (AvgIpc) is 2.50. The number of nitriles is 1. The highest BCUT2D eigenvalue weighted by Gasteiger charge is 2.24. The second-order valence-corrected chi connectivity index (χ2v) is 26.0. The van der Waals surface area contributed by atoms with Crippen molar-refractivity contribution < 1.29 is 92.1 Å². The van der Waals surface area contributed by atoms with Crippen LogP contribution in [0.2, 0.25) is 0 Å². The van der Waals surface area contributed by atoms with Gasteiger partial charge in [0.05, 0.1) is 62.4 Å². The van der Waals surface area contributed by atoms with Crippen LogP contribution in [0.4, 0.5) is 33.6 Å². The maximum atomic E-state index is 12.5. The van der Waals surface area contributed by atoms with Gasteiger partial charge in [-0.1, -0.05) is 23.5 Å². The largest absolute Gasteiger partial charge is 0.493 e. The van der Waals surface area contributed by atoms with Crippen molar-refractivity contribution in [3.05, 3.63) is 94.5 Å². The number of aliphatic hydroxyl groups excluding tert-OH is 1. The van der Waals surface area contributed by atoms with Gasteiger partial charge in [-0.05, 0) is 104 Å². The summed E-state index contributed by atoms with van der Waals surface area (Å²) in [7, 11) is -24.5. The molecule has 0 spiro atoms. The fourth-order valence-electron chi connectivity index (χ4n) is 7.64. The highest BCUT2D eigenvalue weighted by atomic mass is 32.2. The molecule has 0 atom stereocenters. The number of fused-ring (bicyclic) bond motifs is 6. The number of benzene rings is 5. The predicted octanol–water partition coefficient (Wildman–Crippen LogP) is 8.00. The van der Waals surface area contributed by atoms with E-state index in [2.05, 4.69) is 46.7 Å². The zero-order valence-corrected chi connectivity index (χ0v) is 49.4. The van der Waals surface area contributed by atoms with Crippen LogP contribution in [-0.4, -0.2) is 126 Å². The summed E-state index contributed by atoms with van der Waals surface area (Å²) in [6.07, 6.45) is -0.177. The molecule has 0 aliphatic carbocycles. The number of aryl methyl sites for hydroxylation is 2. The molecule has 3 aromatic heterocycles. The number of pyridine rings is 1. The zero-order chi connectivity index (χ0) is 62.2. The van der Waals surface area contributed by atoms with Crippen molar-refractivity contribution in [2.45, 2.75) is 54.9 Å². The number of aromatic nitrogens is 3. The van der Waals surface area contributed by atoms with Crippen LogP contribution < -0.4 is 4.74 Å². The van der Waals surface area contributed by atoms with Crippen LogP contribution in [-0.2, 0) is 68.3 Å². The molecular formula is C45H40N10O21S8. The van der Waals surface area contributed by atoms with Crippen LogP contribution >= 0.6 is 23.1 Å². The van der Waals surface area contributed by atoms with Crippen LogP contribution in [0.25, 0.3) is 37.7 Å². The summed E-state index contributed by atoms with van der Waals surface area (Å²) in [6, 6.07) is 17.7. The predicted molar refractivity (Wildman–Crippen MR) is 299 cm³/mol. The molecule has 6 N–H and O–H groups in total. The van der Waals surface area contributed by atoms with Gasteiger partial charge < -0.3 is 14.9 Å². The number of nitrogens with zero attached hydrogens (tertiary/aromatic N) is 10. The first kappa shape index (κ1) is 65.4. The van der Waals surface area contributed by atoms with Crippen molar-refractivity contribution in [1.29, 1.82) is 5.26 Å². The fourth-order valence-corrected chi connectivity index (χ4v) is 11.9. The second kappa shape index (κ2) is 26.9. The third kappa shape index (κ3) is 17.0. The van der Waals surface area contributed by atoms with E-state index >= 15 is 0 Å². The van der Waals surface area contributed by atoms with Crippen LogP contribution in [0.3, 0.4) is 0 Å². The zero-order valence-electron chi connectivity index (χ0n) is 42.8. The highest BCUT2D eigenvalue weighted by molar-refractivity contribution is 7.99. The van der Waals surface area contributed by atoms with Gasteiger partial charge in [0.1, 0.15) is 33.5 Å². The standard InChI is InChI=1S/C45H40N10O15S6.2O3S/c1-23-6-9-31-36(14-23)55-43(47-31)30(21-46)25(3)40(44(55)57)53-51-34-15-24(2)32(19-37(34)70-10-4-12-73(58,59)60)49-52-35-16-27(22-56)33(20-38(35)71-11-5-13-74(61,62)63)50-54-45-48-41-39(76(67,68)69)17-26-7-8-28(75(64,65)66)18-29(26)42(41)72-45;2*1-4(2)3/h6-9,14-20,56-57H,4-5,10-13,22H2,1-3H3,(H,58,59,60)(H,61,62,63)(H,64,65,66)(H,67,68,69);;. The number of aliphatic hydroxyl groups is 1. The van der Waals surface area contributed by atoms with E-state index in [0.717, 1.165) is 46.9 Å². The number of aromatic hydroxyl groups is 1. The number of hydrogen-bond acceptors (Lipinski definition) is 28. The van der Waals surface area contributed by atoms with E-state index in [0.29, 0.717) is 21.5 Å². The average molecular weight is 1310 g/mol. The number of ether oxygens (including phenoxy) is 1. The third-order valence-electron chi connectivity index (χ3n) is 11.3. The highest BCUT2D eigenvalue weighted by Crippen LogP contribution is 2.44. The Balaban J connectivity index is 0.00000133. The van der Waals surface area contributed by atoms with Crippen molar-refractivity contribution >= 4 is 156 Å². The molecule has 31 nitrogen and oxygen atoms in total. The molecular weight excluding hydrogens is 1270 g/mol. The minimum Gasteiger partial charge on any atom is -0.493 e. The van der Waals surface area contributed by atoms with Crippen molar-refractivity contribution in [3.63, 3.8) is 0 Å². The molecule has 0 fully saturated rings. The van der Waals surface area contributed by atoms with Gasteiger partial charge in [-0.25, -0.2) is 9.97 Å². The lowest BCUT2D eigenvalue weighted by atomic mass is 10.1. The van der Waals surface area contributed by atoms with Crippen molar-refractivity contribution in [3.8, 4) is 17.7 Å². The molecule has 0 saturated carbocycles. The Morgan fingerprint density at radius 2 is 1.35 bits per heavy atom. The van der Waals surface area contributed by atoms with E-state index in [4.69, 9.17) is 30.0 Å². The van der Waals surface area contributed by atoms with E-state index in [-0.39, 0.29) is 114 Å². The Bertz CT molecular complexity index is 4780. The number of imidazole rings is 1. The van der Waals surface area contributed by atoms with E-state index in [1.807, 2.05) is 13.0 Å². The number of hydrogen-bond donors (Lipinski definition) is 6. The molecule has 3 heterocycles. The number of thioether (sulfide) groups is 1. The summed E-state index contributed by atoms with van der Waals surface area (Å²) in [5.41, 5.74) is 3.07. The molecule has 0 aliphatic heterocycles. The Hall–Kier alpha value is -7.72. The molecule has 5 aromatic carbocycles. The molecule has 84 heavy (non-hydrogen) atoms. The fraction of sp³-hybridized carbons (Fsp3) is 0.222. The van der Waals surface area contributed by atoms with Gasteiger partial charge in [-0.3, -0.25) is 22.6 Å². The van der Waals surface area contributed by atoms with Crippen LogP contribution in [0, 0.1) is 32.1 Å². The summed E-state index contributed by atoms with van der Waals surface area (Å²) in [5, 5.41) is 58.5. The van der Waals surface area contributed by atoms with Gasteiger partial charge in [0, 0.05) is 27.5 Å².